The first-order valence-corrected chi connectivity index (χ1v) is 7.25. The third-order valence-electron chi connectivity index (χ3n) is 4.19. The molecule has 0 amide bonds. The first kappa shape index (κ1) is 15.7. The van der Waals surface area contributed by atoms with Gasteiger partial charge in [0.1, 0.15) is 0 Å². The van der Waals surface area contributed by atoms with Gasteiger partial charge in [0.25, 0.3) is 0 Å². The summed E-state index contributed by atoms with van der Waals surface area (Å²) >= 11 is 0. The van der Waals surface area contributed by atoms with Gasteiger partial charge in [-0.25, -0.2) is 0 Å². The van der Waals surface area contributed by atoms with Crippen LogP contribution in [0.15, 0.2) is 24.3 Å². The van der Waals surface area contributed by atoms with Gasteiger partial charge in [-0.2, -0.15) is 0 Å². The van der Waals surface area contributed by atoms with Crippen LogP contribution in [0.5, 0.6) is 0 Å². The lowest BCUT2D eigenvalue weighted by atomic mass is 9.73. The molecular weight excluding hydrogens is 236 g/mol. The molecule has 0 aromatic heterocycles. The Hall–Kier alpha value is -1.31. The molecule has 1 aromatic rings. The fraction of sp³-hybridized carbons (Fsp3) is 0.588. The molecule has 19 heavy (non-hydrogen) atoms. The number of carboxylic acids is 1. The van der Waals surface area contributed by atoms with E-state index in [4.69, 9.17) is 0 Å². The zero-order valence-electron chi connectivity index (χ0n) is 12.6. The molecular formula is C17H26O2. The van der Waals surface area contributed by atoms with Crippen molar-refractivity contribution in [3.8, 4) is 0 Å². The van der Waals surface area contributed by atoms with Crippen molar-refractivity contribution in [3.05, 3.63) is 35.4 Å². The van der Waals surface area contributed by atoms with Gasteiger partial charge in [-0.05, 0) is 36.8 Å². The molecule has 0 saturated heterocycles. The van der Waals surface area contributed by atoms with E-state index in [9.17, 15) is 9.90 Å². The van der Waals surface area contributed by atoms with Crippen LogP contribution < -0.4 is 0 Å². The molecule has 1 N–H and O–H groups in total. The Morgan fingerprint density at radius 2 is 2.00 bits per heavy atom. The van der Waals surface area contributed by atoms with E-state index in [0.717, 1.165) is 12.0 Å². The van der Waals surface area contributed by atoms with E-state index in [2.05, 4.69) is 19.1 Å². The first-order chi connectivity index (χ1) is 8.92. The maximum Gasteiger partial charge on any atom is 0.314 e. The van der Waals surface area contributed by atoms with Crippen molar-refractivity contribution < 1.29 is 9.90 Å². The van der Waals surface area contributed by atoms with Gasteiger partial charge < -0.3 is 5.11 Å². The molecule has 1 atom stereocenters. The zero-order chi connectivity index (χ0) is 14.5. The van der Waals surface area contributed by atoms with Gasteiger partial charge in [0.15, 0.2) is 0 Å². The molecule has 0 fully saturated rings. The lowest BCUT2D eigenvalue weighted by molar-refractivity contribution is -0.145. The minimum Gasteiger partial charge on any atom is -0.481 e. The normalized spacial score (nSPS) is 14.4. The van der Waals surface area contributed by atoms with Crippen molar-refractivity contribution in [2.45, 2.75) is 58.8 Å². The van der Waals surface area contributed by atoms with Crippen LogP contribution in [0.3, 0.4) is 0 Å². The maximum atomic E-state index is 11.6. The Bertz CT molecular complexity index is 423. The van der Waals surface area contributed by atoms with E-state index in [-0.39, 0.29) is 5.92 Å². The average Bonchev–Trinajstić information content (AvgIpc) is 2.38. The number of hydrogen-bond donors (Lipinski definition) is 1. The second-order valence-corrected chi connectivity index (χ2v) is 5.82. The van der Waals surface area contributed by atoms with E-state index in [1.54, 1.807) is 0 Å². The second kappa shape index (κ2) is 6.74. The summed E-state index contributed by atoms with van der Waals surface area (Å²) in [7, 11) is 0. The van der Waals surface area contributed by atoms with Crippen LogP contribution >= 0.6 is 0 Å². The Balaban J connectivity index is 2.99. The number of hydrogen-bond acceptors (Lipinski definition) is 1. The van der Waals surface area contributed by atoms with Gasteiger partial charge in [0.05, 0.1) is 5.41 Å². The maximum absolute atomic E-state index is 11.6. The zero-order valence-corrected chi connectivity index (χ0v) is 12.6. The van der Waals surface area contributed by atoms with Crippen LogP contribution in [0.2, 0.25) is 0 Å². The monoisotopic (exact) mass is 262 g/mol. The number of carbonyl (C=O) groups is 1. The van der Waals surface area contributed by atoms with Gasteiger partial charge in [-0.15, -0.1) is 0 Å². The van der Waals surface area contributed by atoms with Crippen molar-refractivity contribution in [1.82, 2.24) is 0 Å². The molecule has 1 aromatic carbocycles. The lowest BCUT2D eigenvalue weighted by Gasteiger charge is -2.30. The summed E-state index contributed by atoms with van der Waals surface area (Å²) in [6, 6.07) is 8.10. The van der Waals surface area contributed by atoms with Gasteiger partial charge in [0, 0.05) is 0 Å². The molecule has 0 spiro atoms. The summed E-state index contributed by atoms with van der Waals surface area (Å²) in [5.74, 6) is -0.677. The molecule has 0 saturated carbocycles. The Kier molecular flexibility index (Phi) is 5.59. The van der Waals surface area contributed by atoms with Crippen LogP contribution in [0.1, 0.15) is 58.1 Å². The fourth-order valence-corrected chi connectivity index (χ4v) is 2.33. The summed E-state index contributed by atoms with van der Waals surface area (Å²) < 4.78 is 0. The van der Waals surface area contributed by atoms with Gasteiger partial charge in [-0.1, -0.05) is 57.9 Å². The number of benzene rings is 1. The molecule has 0 heterocycles. The molecule has 2 nitrogen and oxygen atoms in total. The van der Waals surface area contributed by atoms with Crippen molar-refractivity contribution in [2.24, 2.45) is 5.92 Å². The highest BCUT2D eigenvalue weighted by atomic mass is 16.4. The predicted octanol–water partition coefficient (Wildman–Crippen LogP) is 4.42. The van der Waals surface area contributed by atoms with E-state index >= 15 is 0 Å². The molecule has 0 aliphatic heterocycles. The summed E-state index contributed by atoms with van der Waals surface area (Å²) in [5, 5.41) is 9.56. The van der Waals surface area contributed by atoms with E-state index in [1.165, 1.54) is 24.8 Å². The molecule has 106 valence electrons. The van der Waals surface area contributed by atoms with E-state index < -0.39 is 11.4 Å². The third-order valence-corrected chi connectivity index (χ3v) is 4.19. The largest absolute Gasteiger partial charge is 0.481 e. The van der Waals surface area contributed by atoms with Crippen molar-refractivity contribution in [1.29, 1.82) is 0 Å². The second-order valence-electron chi connectivity index (χ2n) is 5.82. The van der Waals surface area contributed by atoms with Crippen molar-refractivity contribution in [2.75, 3.05) is 0 Å². The van der Waals surface area contributed by atoms with E-state index in [0.29, 0.717) is 0 Å². The Morgan fingerprint density at radius 3 is 2.53 bits per heavy atom. The fourth-order valence-electron chi connectivity index (χ4n) is 2.33. The molecule has 0 aliphatic rings. The van der Waals surface area contributed by atoms with E-state index in [1.807, 2.05) is 32.9 Å². The smallest absolute Gasteiger partial charge is 0.314 e. The number of unbranched alkanes of at least 4 members (excludes halogenated alkanes) is 2. The van der Waals surface area contributed by atoms with Gasteiger partial charge >= 0.3 is 5.97 Å². The molecule has 0 radical (unpaired) electrons. The van der Waals surface area contributed by atoms with Gasteiger partial charge in [0.2, 0.25) is 0 Å². The minimum atomic E-state index is -0.805. The molecule has 0 bridgehead atoms. The SMILES string of the molecule is CCCCCc1cccc(C(C)(C(=O)O)C(C)C)c1. The summed E-state index contributed by atoms with van der Waals surface area (Å²) in [6.45, 7) is 7.96. The molecule has 1 rings (SSSR count). The summed E-state index contributed by atoms with van der Waals surface area (Å²) in [5.41, 5.74) is 1.36. The standard InChI is InChI=1S/C17H26O2/c1-5-6-7-9-14-10-8-11-15(12-14)17(4,13(2)3)16(18)19/h8,10-13H,5-7,9H2,1-4H3,(H,18,19). The third kappa shape index (κ3) is 3.59. The average molecular weight is 262 g/mol. The highest BCUT2D eigenvalue weighted by Crippen LogP contribution is 2.33. The number of rotatable bonds is 7. The van der Waals surface area contributed by atoms with Gasteiger partial charge in [-0.3, -0.25) is 4.79 Å². The molecule has 1 unspecified atom stereocenters. The predicted molar refractivity (Wildman–Crippen MR) is 79.5 cm³/mol. The topological polar surface area (TPSA) is 37.3 Å². The van der Waals surface area contributed by atoms with Crippen LogP contribution in [-0.2, 0) is 16.6 Å². The van der Waals surface area contributed by atoms with Crippen molar-refractivity contribution >= 4 is 5.97 Å². The first-order valence-electron chi connectivity index (χ1n) is 7.25. The summed E-state index contributed by atoms with van der Waals surface area (Å²) in [4.78, 5) is 11.6. The van der Waals surface area contributed by atoms with Crippen LogP contribution in [0, 0.1) is 5.92 Å². The minimum absolute atomic E-state index is 0.0656. The lowest BCUT2D eigenvalue weighted by Crippen LogP contribution is -2.37. The number of aryl methyl sites for hydroxylation is 1. The molecule has 0 aliphatic carbocycles. The highest BCUT2D eigenvalue weighted by molar-refractivity contribution is 5.81. The Morgan fingerprint density at radius 1 is 1.32 bits per heavy atom. The Labute approximate surface area is 116 Å². The van der Waals surface area contributed by atoms with Crippen LogP contribution in [0.4, 0.5) is 0 Å². The quantitative estimate of drug-likeness (QED) is 0.739. The van der Waals surface area contributed by atoms with Crippen LogP contribution in [0.25, 0.3) is 0 Å². The molecule has 2 heteroatoms. The number of carboxylic acid groups (broad SMARTS) is 1. The number of aliphatic carboxylic acids is 1. The van der Waals surface area contributed by atoms with Crippen LogP contribution in [-0.4, -0.2) is 11.1 Å². The summed E-state index contributed by atoms with van der Waals surface area (Å²) in [6.07, 6.45) is 4.64. The highest BCUT2D eigenvalue weighted by Gasteiger charge is 2.38. The van der Waals surface area contributed by atoms with Crippen molar-refractivity contribution in [3.63, 3.8) is 0 Å².